The van der Waals surface area contributed by atoms with Crippen molar-refractivity contribution in [2.45, 2.75) is 11.9 Å². The Morgan fingerprint density at radius 3 is 2.77 bits per heavy atom. The van der Waals surface area contributed by atoms with E-state index in [1.165, 1.54) is 12.1 Å². The molecule has 0 atom stereocenters. The molecule has 0 aliphatic carbocycles. The van der Waals surface area contributed by atoms with Crippen molar-refractivity contribution in [1.29, 1.82) is 0 Å². The minimum Gasteiger partial charge on any atom is -0.321 e. The van der Waals surface area contributed by atoms with Gasteiger partial charge in [0, 0.05) is 29.4 Å². The first-order valence-corrected chi connectivity index (χ1v) is 8.05. The molecule has 1 aromatic carbocycles. The smallest absolute Gasteiger partial charge is 0.144 e. The third kappa shape index (κ3) is 2.73. The molecular formula is C15H11BrClF2N3. The minimum atomic E-state index is -0.557. The van der Waals surface area contributed by atoms with E-state index in [2.05, 4.69) is 25.9 Å². The number of nitrogens with zero attached hydrogens (tertiary/aromatic N) is 3. The number of alkyl halides is 2. The quantitative estimate of drug-likeness (QED) is 0.606. The molecule has 0 amide bonds. The van der Waals surface area contributed by atoms with Crippen molar-refractivity contribution in [1.82, 2.24) is 14.5 Å². The van der Waals surface area contributed by atoms with Crippen LogP contribution in [0.5, 0.6) is 0 Å². The number of pyridine rings is 1. The minimum absolute atomic E-state index is 0.00797. The van der Waals surface area contributed by atoms with Gasteiger partial charge in [-0.3, -0.25) is 4.98 Å². The van der Waals surface area contributed by atoms with Gasteiger partial charge in [-0.1, -0.05) is 27.5 Å². The largest absolute Gasteiger partial charge is 0.321 e. The maximum Gasteiger partial charge on any atom is 0.144 e. The van der Waals surface area contributed by atoms with Crippen LogP contribution < -0.4 is 0 Å². The maximum absolute atomic E-state index is 13.6. The molecule has 3 rings (SSSR count). The zero-order valence-electron chi connectivity index (χ0n) is 11.4. The van der Waals surface area contributed by atoms with E-state index in [9.17, 15) is 8.78 Å². The van der Waals surface area contributed by atoms with E-state index in [0.29, 0.717) is 22.2 Å². The summed E-state index contributed by atoms with van der Waals surface area (Å²) in [6.45, 7) is -0.439. The standard InChI is InChI=1S/C15H11BrClF2N3/c16-6-9-3-10(8-20-7-9)15-21-13-5-12(19)11(17)4-14(13)22(15)2-1-18/h3-5,7-8H,1-2,6H2. The SMILES string of the molecule is FCCn1c(-c2cncc(CBr)c2)nc2cc(F)c(Cl)cc21. The van der Waals surface area contributed by atoms with Crippen molar-refractivity contribution in [3.05, 3.63) is 47.0 Å². The fourth-order valence-corrected chi connectivity index (χ4v) is 2.80. The van der Waals surface area contributed by atoms with Gasteiger partial charge in [0.1, 0.15) is 18.3 Å². The van der Waals surface area contributed by atoms with Gasteiger partial charge < -0.3 is 4.57 Å². The molecule has 0 radical (unpaired) electrons. The Balaban J connectivity index is 2.25. The fourth-order valence-electron chi connectivity index (χ4n) is 2.33. The Morgan fingerprint density at radius 1 is 1.23 bits per heavy atom. The second-order valence-electron chi connectivity index (χ2n) is 4.75. The highest BCUT2D eigenvalue weighted by Gasteiger charge is 2.15. The monoisotopic (exact) mass is 385 g/mol. The van der Waals surface area contributed by atoms with Crippen LogP contribution in [0.15, 0.2) is 30.6 Å². The molecule has 114 valence electrons. The summed E-state index contributed by atoms with van der Waals surface area (Å²) in [6.07, 6.45) is 3.39. The van der Waals surface area contributed by atoms with Gasteiger partial charge in [0.25, 0.3) is 0 Å². The molecule has 0 aliphatic heterocycles. The predicted octanol–water partition coefficient (Wildman–Crippen LogP) is 4.76. The van der Waals surface area contributed by atoms with E-state index in [-0.39, 0.29) is 11.6 Å². The third-order valence-electron chi connectivity index (χ3n) is 3.31. The lowest BCUT2D eigenvalue weighted by Gasteiger charge is -2.07. The Kier molecular flexibility index (Phi) is 4.40. The fraction of sp³-hybridized carbons (Fsp3) is 0.200. The summed E-state index contributed by atoms with van der Waals surface area (Å²) in [4.78, 5) is 8.58. The average molecular weight is 387 g/mol. The Hall–Kier alpha value is -1.53. The van der Waals surface area contributed by atoms with Gasteiger partial charge in [0.15, 0.2) is 0 Å². The van der Waals surface area contributed by atoms with Gasteiger partial charge in [0.2, 0.25) is 0 Å². The summed E-state index contributed by atoms with van der Waals surface area (Å²) in [5, 5.41) is 0.642. The van der Waals surface area contributed by atoms with Crippen molar-refractivity contribution in [2.24, 2.45) is 0 Å². The van der Waals surface area contributed by atoms with E-state index in [0.717, 1.165) is 11.1 Å². The maximum atomic E-state index is 13.6. The van der Waals surface area contributed by atoms with Crippen LogP contribution in [0.3, 0.4) is 0 Å². The summed E-state index contributed by atoms with van der Waals surface area (Å²) < 4.78 is 28.2. The van der Waals surface area contributed by atoms with E-state index in [1.54, 1.807) is 17.0 Å². The van der Waals surface area contributed by atoms with Crippen LogP contribution in [0.2, 0.25) is 5.02 Å². The van der Waals surface area contributed by atoms with E-state index in [4.69, 9.17) is 11.6 Å². The van der Waals surface area contributed by atoms with Crippen LogP contribution in [0.4, 0.5) is 8.78 Å². The van der Waals surface area contributed by atoms with E-state index in [1.807, 2.05) is 6.07 Å². The van der Waals surface area contributed by atoms with Crippen molar-refractivity contribution >= 4 is 38.6 Å². The highest BCUT2D eigenvalue weighted by atomic mass is 79.9. The molecule has 0 saturated carbocycles. The number of fused-ring (bicyclic) bond motifs is 1. The highest BCUT2D eigenvalue weighted by Crippen LogP contribution is 2.28. The molecule has 3 aromatic rings. The van der Waals surface area contributed by atoms with Gasteiger partial charge in [-0.15, -0.1) is 0 Å². The first-order chi connectivity index (χ1) is 10.6. The topological polar surface area (TPSA) is 30.7 Å². The molecule has 2 aromatic heterocycles. The number of rotatable bonds is 4. The Bertz CT molecular complexity index is 835. The van der Waals surface area contributed by atoms with Crippen LogP contribution in [0.1, 0.15) is 5.56 Å². The van der Waals surface area contributed by atoms with Crippen molar-refractivity contribution in [3.63, 3.8) is 0 Å². The molecule has 0 fully saturated rings. The van der Waals surface area contributed by atoms with Crippen molar-refractivity contribution < 1.29 is 8.78 Å². The molecule has 0 bridgehead atoms. The predicted molar refractivity (Wildman–Crippen MR) is 86.5 cm³/mol. The summed E-state index contributed by atoms with van der Waals surface area (Å²) in [5.41, 5.74) is 2.76. The van der Waals surface area contributed by atoms with Gasteiger partial charge in [-0.2, -0.15) is 0 Å². The number of hydrogen-bond acceptors (Lipinski definition) is 2. The molecule has 0 N–H and O–H groups in total. The molecule has 0 unspecified atom stereocenters. The molecule has 0 aliphatic rings. The molecule has 7 heteroatoms. The van der Waals surface area contributed by atoms with Gasteiger partial charge in [0.05, 0.1) is 22.6 Å². The number of imidazole rings is 1. The number of aryl methyl sites for hydroxylation is 1. The van der Waals surface area contributed by atoms with Crippen LogP contribution in [-0.4, -0.2) is 21.2 Å². The van der Waals surface area contributed by atoms with Crippen molar-refractivity contribution in [2.75, 3.05) is 6.67 Å². The second kappa shape index (κ2) is 6.30. The van der Waals surface area contributed by atoms with E-state index >= 15 is 0 Å². The highest BCUT2D eigenvalue weighted by molar-refractivity contribution is 9.08. The zero-order chi connectivity index (χ0) is 15.7. The van der Waals surface area contributed by atoms with Gasteiger partial charge in [-0.25, -0.2) is 13.8 Å². The first-order valence-electron chi connectivity index (χ1n) is 6.55. The molecule has 3 nitrogen and oxygen atoms in total. The molecule has 0 spiro atoms. The molecule has 2 heterocycles. The van der Waals surface area contributed by atoms with Gasteiger partial charge in [-0.05, 0) is 17.7 Å². The van der Waals surface area contributed by atoms with Crippen LogP contribution in [-0.2, 0) is 11.9 Å². The number of aromatic nitrogens is 3. The number of hydrogen-bond donors (Lipinski definition) is 0. The summed E-state index contributed by atoms with van der Waals surface area (Å²) >= 11 is 9.21. The lowest BCUT2D eigenvalue weighted by atomic mass is 10.2. The molecule has 0 saturated heterocycles. The third-order valence-corrected chi connectivity index (χ3v) is 4.24. The van der Waals surface area contributed by atoms with E-state index < -0.39 is 12.5 Å². The normalized spacial score (nSPS) is 11.3. The average Bonchev–Trinajstić information content (AvgIpc) is 2.86. The summed E-state index contributed by atoms with van der Waals surface area (Å²) in [5.74, 6) is 0.00238. The summed E-state index contributed by atoms with van der Waals surface area (Å²) in [6, 6.07) is 4.65. The number of halogens is 4. The summed E-state index contributed by atoms with van der Waals surface area (Å²) in [7, 11) is 0. The van der Waals surface area contributed by atoms with Crippen LogP contribution in [0.25, 0.3) is 22.4 Å². The lowest BCUT2D eigenvalue weighted by molar-refractivity contribution is 0.451. The molecule has 22 heavy (non-hydrogen) atoms. The van der Waals surface area contributed by atoms with Gasteiger partial charge >= 0.3 is 0 Å². The molecular weight excluding hydrogens is 376 g/mol. The lowest BCUT2D eigenvalue weighted by Crippen LogP contribution is -2.02. The van der Waals surface area contributed by atoms with Crippen molar-refractivity contribution in [3.8, 4) is 11.4 Å². The Labute approximate surface area is 139 Å². The number of benzene rings is 1. The van der Waals surface area contributed by atoms with Crippen LogP contribution >= 0.6 is 27.5 Å². The zero-order valence-corrected chi connectivity index (χ0v) is 13.7. The second-order valence-corrected chi connectivity index (χ2v) is 5.71. The Morgan fingerprint density at radius 2 is 2.05 bits per heavy atom. The first kappa shape index (κ1) is 15.4. The van der Waals surface area contributed by atoms with Crippen LogP contribution in [0, 0.1) is 5.82 Å².